The zero-order valence-corrected chi connectivity index (χ0v) is 20.2. The minimum absolute atomic E-state index is 0.0502. The zero-order valence-electron chi connectivity index (χ0n) is 19.4. The SMILES string of the molecule is CCc1ccccc1S(=O)(=O)N1CCCC(N(CCCN2CCCC2)C(=O)C(C)C)C1. The summed E-state index contributed by atoms with van der Waals surface area (Å²) >= 11 is 0. The molecule has 1 atom stereocenters. The number of sulfonamides is 1. The molecule has 3 rings (SSSR count). The number of rotatable bonds is 9. The molecule has 31 heavy (non-hydrogen) atoms. The van der Waals surface area contributed by atoms with Crippen LogP contribution < -0.4 is 0 Å². The first kappa shape index (κ1) is 24.2. The standard InChI is InChI=1S/C24H39N3O3S/c1-4-21-11-5-6-13-23(21)31(29,30)26-17-9-12-22(19-26)27(24(28)20(2)3)18-10-16-25-14-7-8-15-25/h5-6,11,13,20,22H,4,7-10,12,14-19H2,1-3H3. The fourth-order valence-corrected chi connectivity index (χ4v) is 6.67. The molecule has 2 saturated heterocycles. The van der Waals surface area contributed by atoms with Crippen molar-refractivity contribution < 1.29 is 13.2 Å². The Labute approximate surface area is 188 Å². The molecule has 2 aliphatic rings. The van der Waals surface area contributed by atoms with E-state index in [0.29, 0.717) is 31.0 Å². The average molecular weight is 450 g/mol. The second-order valence-electron chi connectivity index (χ2n) is 9.21. The van der Waals surface area contributed by atoms with E-state index in [-0.39, 0.29) is 17.9 Å². The Bertz CT molecular complexity index is 834. The zero-order chi connectivity index (χ0) is 22.4. The summed E-state index contributed by atoms with van der Waals surface area (Å²) in [5, 5.41) is 0. The summed E-state index contributed by atoms with van der Waals surface area (Å²) < 4.78 is 28.5. The molecular weight excluding hydrogens is 410 g/mol. The highest BCUT2D eigenvalue weighted by Gasteiger charge is 2.35. The van der Waals surface area contributed by atoms with Crippen molar-refractivity contribution in [2.24, 2.45) is 5.92 Å². The van der Waals surface area contributed by atoms with Gasteiger partial charge in [0.15, 0.2) is 0 Å². The Morgan fingerprint density at radius 2 is 1.84 bits per heavy atom. The average Bonchev–Trinajstić information content (AvgIpc) is 3.30. The number of carbonyl (C=O) groups is 1. The molecular formula is C24H39N3O3S. The monoisotopic (exact) mass is 449 g/mol. The highest BCUT2D eigenvalue weighted by molar-refractivity contribution is 7.89. The molecule has 1 aromatic carbocycles. The number of carbonyl (C=O) groups excluding carboxylic acids is 1. The molecule has 2 heterocycles. The quantitative estimate of drug-likeness (QED) is 0.580. The number of hydrogen-bond donors (Lipinski definition) is 0. The van der Waals surface area contributed by atoms with Gasteiger partial charge >= 0.3 is 0 Å². The van der Waals surface area contributed by atoms with Crippen LogP contribution in [0.25, 0.3) is 0 Å². The lowest BCUT2D eigenvalue weighted by Gasteiger charge is -2.40. The van der Waals surface area contributed by atoms with Gasteiger partial charge in [-0.1, -0.05) is 39.0 Å². The molecule has 0 spiro atoms. The second-order valence-corrected chi connectivity index (χ2v) is 11.1. The summed E-state index contributed by atoms with van der Waals surface area (Å²) in [4.78, 5) is 17.9. The van der Waals surface area contributed by atoms with E-state index in [0.717, 1.165) is 44.5 Å². The lowest BCUT2D eigenvalue weighted by Crippen LogP contribution is -2.53. The molecule has 1 amide bonds. The van der Waals surface area contributed by atoms with Gasteiger partial charge in [0.25, 0.3) is 0 Å². The first-order valence-electron chi connectivity index (χ1n) is 12.0. The Hall–Kier alpha value is -1.44. The van der Waals surface area contributed by atoms with Gasteiger partial charge in [-0.3, -0.25) is 4.79 Å². The fourth-order valence-electron chi connectivity index (χ4n) is 4.86. The lowest BCUT2D eigenvalue weighted by molar-refractivity contribution is -0.137. The molecule has 1 unspecified atom stereocenters. The van der Waals surface area contributed by atoms with Gasteiger partial charge in [0, 0.05) is 31.6 Å². The minimum Gasteiger partial charge on any atom is -0.338 e. The maximum atomic E-state index is 13.4. The summed E-state index contributed by atoms with van der Waals surface area (Å²) in [7, 11) is -3.56. The van der Waals surface area contributed by atoms with E-state index >= 15 is 0 Å². The van der Waals surface area contributed by atoms with Gasteiger partial charge in [0.2, 0.25) is 15.9 Å². The molecule has 2 aliphatic heterocycles. The number of amides is 1. The van der Waals surface area contributed by atoms with Crippen LogP contribution in [0.1, 0.15) is 58.4 Å². The van der Waals surface area contributed by atoms with Crippen LogP contribution in [0.4, 0.5) is 0 Å². The van der Waals surface area contributed by atoms with E-state index in [2.05, 4.69) is 4.90 Å². The van der Waals surface area contributed by atoms with Gasteiger partial charge in [-0.05, 0) is 69.8 Å². The van der Waals surface area contributed by atoms with Gasteiger partial charge in [-0.2, -0.15) is 4.31 Å². The van der Waals surface area contributed by atoms with Crippen molar-refractivity contribution in [2.75, 3.05) is 39.3 Å². The Morgan fingerprint density at radius 3 is 2.52 bits per heavy atom. The van der Waals surface area contributed by atoms with Gasteiger partial charge < -0.3 is 9.80 Å². The number of aryl methyl sites for hydroxylation is 1. The van der Waals surface area contributed by atoms with Crippen LogP contribution in [0.15, 0.2) is 29.2 Å². The van der Waals surface area contributed by atoms with E-state index in [1.165, 1.54) is 12.8 Å². The molecule has 6 nitrogen and oxygen atoms in total. The van der Waals surface area contributed by atoms with Crippen molar-refractivity contribution in [3.63, 3.8) is 0 Å². The van der Waals surface area contributed by atoms with E-state index in [4.69, 9.17) is 0 Å². The molecule has 0 aromatic heterocycles. The number of hydrogen-bond acceptors (Lipinski definition) is 4. The summed E-state index contributed by atoms with van der Waals surface area (Å²) in [6, 6.07) is 7.23. The smallest absolute Gasteiger partial charge is 0.243 e. The van der Waals surface area contributed by atoms with Crippen molar-refractivity contribution in [2.45, 2.75) is 70.2 Å². The molecule has 0 saturated carbocycles. The van der Waals surface area contributed by atoms with Crippen LogP contribution in [0.2, 0.25) is 0 Å². The van der Waals surface area contributed by atoms with Crippen LogP contribution in [-0.4, -0.2) is 73.7 Å². The predicted octanol–water partition coefficient (Wildman–Crippen LogP) is 3.37. The van der Waals surface area contributed by atoms with Crippen molar-refractivity contribution in [3.8, 4) is 0 Å². The lowest BCUT2D eigenvalue weighted by atomic mass is 10.0. The summed E-state index contributed by atoms with van der Waals surface area (Å²) in [5.41, 5.74) is 0.852. The van der Waals surface area contributed by atoms with Gasteiger partial charge in [0.05, 0.1) is 4.90 Å². The van der Waals surface area contributed by atoms with E-state index in [1.807, 2.05) is 37.8 Å². The van der Waals surface area contributed by atoms with Crippen LogP contribution in [-0.2, 0) is 21.2 Å². The predicted molar refractivity (Wildman–Crippen MR) is 124 cm³/mol. The molecule has 174 valence electrons. The molecule has 7 heteroatoms. The normalized spacial score (nSPS) is 21.0. The first-order valence-corrected chi connectivity index (χ1v) is 13.4. The third kappa shape index (κ3) is 5.88. The third-order valence-corrected chi connectivity index (χ3v) is 8.59. The number of likely N-dealkylation sites (tertiary alicyclic amines) is 1. The maximum absolute atomic E-state index is 13.4. The number of piperidine rings is 1. The number of benzene rings is 1. The van der Waals surface area contributed by atoms with Crippen LogP contribution in [0.3, 0.4) is 0 Å². The Morgan fingerprint density at radius 1 is 1.13 bits per heavy atom. The van der Waals surface area contributed by atoms with Gasteiger partial charge in [0.1, 0.15) is 0 Å². The molecule has 0 aliphatic carbocycles. The van der Waals surface area contributed by atoms with E-state index in [1.54, 1.807) is 16.4 Å². The summed E-state index contributed by atoms with van der Waals surface area (Å²) in [6.07, 6.45) is 5.81. The van der Waals surface area contributed by atoms with E-state index in [9.17, 15) is 13.2 Å². The Kier molecular flexibility index (Phi) is 8.53. The molecule has 2 fully saturated rings. The van der Waals surface area contributed by atoms with Crippen LogP contribution in [0, 0.1) is 5.92 Å². The van der Waals surface area contributed by atoms with Crippen molar-refractivity contribution >= 4 is 15.9 Å². The maximum Gasteiger partial charge on any atom is 0.243 e. The topological polar surface area (TPSA) is 60.9 Å². The van der Waals surface area contributed by atoms with Crippen molar-refractivity contribution in [3.05, 3.63) is 29.8 Å². The first-order chi connectivity index (χ1) is 14.8. The fraction of sp³-hybridized carbons (Fsp3) is 0.708. The van der Waals surface area contributed by atoms with Crippen LogP contribution in [0.5, 0.6) is 0 Å². The largest absolute Gasteiger partial charge is 0.338 e. The van der Waals surface area contributed by atoms with Crippen molar-refractivity contribution in [1.29, 1.82) is 0 Å². The minimum atomic E-state index is -3.56. The van der Waals surface area contributed by atoms with Gasteiger partial charge in [-0.15, -0.1) is 0 Å². The number of nitrogens with zero attached hydrogens (tertiary/aromatic N) is 3. The van der Waals surface area contributed by atoms with Crippen LogP contribution >= 0.6 is 0 Å². The summed E-state index contributed by atoms with van der Waals surface area (Å²) in [6.45, 7) is 10.8. The third-order valence-electron chi connectivity index (χ3n) is 6.62. The van der Waals surface area contributed by atoms with E-state index < -0.39 is 10.0 Å². The molecule has 0 radical (unpaired) electrons. The summed E-state index contributed by atoms with van der Waals surface area (Å²) in [5.74, 6) is 0.0548. The highest BCUT2D eigenvalue weighted by Crippen LogP contribution is 2.26. The second kappa shape index (κ2) is 10.9. The van der Waals surface area contributed by atoms with Gasteiger partial charge in [-0.25, -0.2) is 8.42 Å². The molecule has 1 aromatic rings. The molecule has 0 N–H and O–H groups in total. The Balaban J connectivity index is 1.73. The molecule has 0 bridgehead atoms. The highest BCUT2D eigenvalue weighted by atomic mass is 32.2. The van der Waals surface area contributed by atoms with Crippen molar-refractivity contribution in [1.82, 2.24) is 14.1 Å².